The first-order valence-electron chi connectivity index (χ1n) is 6.26. The monoisotopic (exact) mass is 312 g/mol. The van der Waals surface area contributed by atoms with Crippen LogP contribution in [0, 0.1) is 6.92 Å². The number of aryl methyl sites for hydroxylation is 1. The lowest BCUT2D eigenvalue weighted by Crippen LogP contribution is -2.25. The van der Waals surface area contributed by atoms with Crippen molar-refractivity contribution in [3.63, 3.8) is 0 Å². The third-order valence-corrected chi connectivity index (χ3v) is 5.99. The summed E-state index contributed by atoms with van der Waals surface area (Å²) in [4.78, 5) is 6.98. The van der Waals surface area contributed by atoms with Gasteiger partial charge in [-0.05, 0) is 30.6 Å². The summed E-state index contributed by atoms with van der Waals surface area (Å²) in [6, 6.07) is 0. The largest absolute Gasteiger partial charge is 0.382 e. The van der Waals surface area contributed by atoms with Gasteiger partial charge >= 0.3 is 0 Å². The molecule has 2 N–H and O–H groups in total. The van der Waals surface area contributed by atoms with Gasteiger partial charge in [-0.3, -0.25) is 0 Å². The molecule has 3 rings (SSSR count). The number of aromatic nitrogens is 2. The molecular formula is C12H16N4S3. The second-order valence-electron chi connectivity index (χ2n) is 4.49. The number of nitrogen functional groups attached to an aromatic ring is 1. The van der Waals surface area contributed by atoms with Gasteiger partial charge in [0.1, 0.15) is 15.8 Å². The van der Waals surface area contributed by atoms with Crippen LogP contribution < -0.4 is 10.6 Å². The molecule has 102 valence electrons. The summed E-state index contributed by atoms with van der Waals surface area (Å²) < 4.78 is 4.35. The Hall–Kier alpha value is -0.790. The fraction of sp³-hybridized carbons (Fsp3) is 0.500. The topological polar surface area (TPSA) is 55.0 Å². The summed E-state index contributed by atoms with van der Waals surface area (Å²) in [6.07, 6.45) is 1.22. The fourth-order valence-electron chi connectivity index (χ4n) is 2.13. The van der Waals surface area contributed by atoms with E-state index in [1.54, 1.807) is 11.3 Å². The van der Waals surface area contributed by atoms with E-state index in [4.69, 9.17) is 5.73 Å². The van der Waals surface area contributed by atoms with Crippen molar-refractivity contribution in [1.82, 2.24) is 9.36 Å². The summed E-state index contributed by atoms with van der Waals surface area (Å²) in [5.74, 6) is 3.04. The smallest absolute Gasteiger partial charge is 0.149 e. The molecule has 1 fully saturated rings. The van der Waals surface area contributed by atoms with Crippen molar-refractivity contribution in [2.75, 3.05) is 35.2 Å². The van der Waals surface area contributed by atoms with Gasteiger partial charge in [-0.1, -0.05) is 0 Å². The first kappa shape index (κ1) is 13.2. The lowest BCUT2D eigenvalue weighted by Gasteiger charge is -2.20. The molecule has 2 aromatic heterocycles. The van der Waals surface area contributed by atoms with E-state index in [-0.39, 0.29) is 0 Å². The third-order valence-electron chi connectivity index (χ3n) is 3.04. The Morgan fingerprint density at radius 1 is 1.32 bits per heavy atom. The molecule has 4 nitrogen and oxygen atoms in total. The van der Waals surface area contributed by atoms with Crippen molar-refractivity contribution >= 4 is 45.5 Å². The van der Waals surface area contributed by atoms with E-state index in [9.17, 15) is 0 Å². The number of rotatable bonds is 2. The Bertz CT molecular complexity index is 555. The molecule has 1 aliphatic heterocycles. The van der Waals surface area contributed by atoms with Crippen LogP contribution in [0.25, 0.3) is 10.6 Å². The standard InChI is InChI=1S/C12H16N4S3/c1-8-7-18-11(14-8)9-10(13)15-19-12(9)16-3-2-5-17-6-4-16/h7H,2-6H2,1H3,(H2,13,15). The SMILES string of the molecule is Cc1csc(-c2c(N)nsc2N2CCCSCC2)n1. The highest BCUT2D eigenvalue weighted by Crippen LogP contribution is 2.41. The molecule has 0 amide bonds. The highest BCUT2D eigenvalue weighted by molar-refractivity contribution is 7.99. The van der Waals surface area contributed by atoms with Crippen molar-refractivity contribution in [2.45, 2.75) is 13.3 Å². The molecule has 1 saturated heterocycles. The molecule has 19 heavy (non-hydrogen) atoms. The number of hydrogen-bond acceptors (Lipinski definition) is 7. The number of thiazole rings is 1. The van der Waals surface area contributed by atoms with Crippen LogP contribution in [0.5, 0.6) is 0 Å². The minimum absolute atomic E-state index is 0.617. The van der Waals surface area contributed by atoms with Gasteiger partial charge in [0.15, 0.2) is 0 Å². The van der Waals surface area contributed by atoms with Crippen LogP contribution in [-0.2, 0) is 0 Å². The zero-order valence-corrected chi connectivity index (χ0v) is 13.2. The molecule has 3 heterocycles. The van der Waals surface area contributed by atoms with Crippen molar-refractivity contribution < 1.29 is 0 Å². The summed E-state index contributed by atoms with van der Waals surface area (Å²) in [5.41, 5.74) is 8.14. The third kappa shape index (κ3) is 2.73. The quantitative estimate of drug-likeness (QED) is 0.923. The molecule has 0 atom stereocenters. The maximum absolute atomic E-state index is 6.06. The zero-order chi connectivity index (χ0) is 13.2. The summed E-state index contributed by atoms with van der Waals surface area (Å²) in [7, 11) is 0. The minimum atomic E-state index is 0.617. The predicted molar refractivity (Wildman–Crippen MR) is 86.5 cm³/mol. The summed E-state index contributed by atoms with van der Waals surface area (Å²) in [5, 5.41) is 4.25. The van der Waals surface area contributed by atoms with Gasteiger partial charge in [-0.2, -0.15) is 16.1 Å². The molecule has 0 radical (unpaired) electrons. The van der Waals surface area contributed by atoms with Crippen LogP contribution in [0.2, 0.25) is 0 Å². The Balaban J connectivity index is 1.97. The molecule has 1 aliphatic rings. The molecule has 0 unspecified atom stereocenters. The second-order valence-corrected chi connectivity index (χ2v) is 7.33. The Morgan fingerprint density at radius 3 is 3.00 bits per heavy atom. The van der Waals surface area contributed by atoms with Gasteiger partial charge in [-0.15, -0.1) is 11.3 Å². The van der Waals surface area contributed by atoms with Crippen LogP contribution in [-0.4, -0.2) is 34.0 Å². The summed E-state index contributed by atoms with van der Waals surface area (Å²) in [6.45, 7) is 4.17. The molecule has 7 heteroatoms. The Labute approximate surface area is 125 Å². The van der Waals surface area contributed by atoms with Crippen molar-refractivity contribution in [3.8, 4) is 10.6 Å². The van der Waals surface area contributed by atoms with Crippen molar-refractivity contribution in [1.29, 1.82) is 0 Å². The van der Waals surface area contributed by atoms with Gasteiger partial charge in [-0.25, -0.2) is 4.98 Å². The molecule has 0 saturated carbocycles. The van der Waals surface area contributed by atoms with Crippen LogP contribution in [0.15, 0.2) is 5.38 Å². The lowest BCUT2D eigenvalue weighted by molar-refractivity contribution is 0.824. The number of nitrogens with two attached hydrogens (primary N) is 1. The first-order chi connectivity index (χ1) is 9.25. The molecule has 0 aromatic carbocycles. The molecule has 0 bridgehead atoms. The van der Waals surface area contributed by atoms with E-state index >= 15 is 0 Å². The van der Waals surface area contributed by atoms with Crippen LogP contribution >= 0.6 is 34.6 Å². The van der Waals surface area contributed by atoms with E-state index < -0.39 is 0 Å². The average molecular weight is 312 g/mol. The number of thioether (sulfide) groups is 1. The Morgan fingerprint density at radius 2 is 2.21 bits per heavy atom. The fourth-order valence-corrected chi connectivity index (χ4v) is 4.80. The lowest BCUT2D eigenvalue weighted by atomic mass is 10.3. The zero-order valence-electron chi connectivity index (χ0n) is 10.8. The van der Waals surface area contributed by atoms with Gasteiger partial charge in [0.05, 0.1) is 5.56 Å². The normalized spacial score (nSPS) is 16.6. The van der Waals surface area contributed by atoms with E-state index in [1.165, 1.54) is 34.5 Å². The van der Waals surface area contributed by atoms with Gasteiger partial charge in [0.25, 0.3) is 0 Å². The van der Waals surface area contributed by atoms with Crippen LogP contribution in [0.3, 0.4) is 0 Å². The van der Waals surface area contributed by atoms with E-state index in [2.05, 4.69) is 19.6 Å². The maximum atomic E-state index is 6.06. The second kappa shape index (κ2) is 5.68. The van der Waals surface area contributed by atoms with Crippen molar-refractivity contribution in [3.05, 3.63) is 11.1 Å². The van der Waals surface area contributed by atoms with E-state index in [0.29, 0.717) is 5.82 Å². The van der Waals surface area contributed by atoms with Gasteiger partial charge < -0.3 is 10.6 Å². The van der Waals surface area contributed by atoms with Gasteiger partial charge in [0, 0.05) is 29.9 Å². The van der Waals surface area contributed by atoms with Crippen molar-refractivity contribution in [2.24, 2.45) is 0 Å². The first-order valence-corrected chi connectivity index (χ1v) is 9.07. The number of nitrogens with zero attached hydrogens (tertiary/aromatic N) is 3. The van der Waals surface area contributed by atoms with Crippen LogP contribution in [0.4, 0.5) is 10.8 Å². The number of hydrogen-bond donors (Lipinski definition) is 1. The number of anilines is 2. The molecule has 0 spiro atoms. The average Bonchev–Trinajstić information content (AvgIpc) is 2.86. The molecule has 0 aliphatic carbocycles. The molecular weight excluding hydrogens is 296 g/mol. The van der Waals surface area contributed by atoms with Crippen LogP contribution in [0.1, 0.15) is 12.1 Å². The van der Waals surface area contributed by atoms with E-state index in [1.807, 2.05) is 18.7 Å². The minimum Gasteiger partial charge on any atom is -0.382 e. The highest BCUT2D eigenvalue weighted by atomic mass is 32.2. The highest BCUT2D eigenvalue weighted by Gasteiger charge is 2.22. The Kier molecular flexibility index (Phi) is 3.95. The molecule has 2 aromatic rings. The predicted octanol–water partition coefficient (Wildman–Crippen LogP) is 3.10. The maximum Gasteiger partial charge on any atom is 0.149 e. The summed E-state index contributed by atoms with van der Waals surface area (Å²) >= 11 is 5.18. The van der Waals surface area contributed by atoms with E-state index in [0.717, 1.165) is 29.4 Å². The van der Waals surface area contributed by atoms with Gasteiger partial charge in [0.2, 0.25) is 0 Å².